The molecular formula is C12H18N2O2. The molecule has 16 heavy (non-hydrogen) atoms. The molecule has 0 heterocycles. The van der Waals surface area contributed by atoms with Crippen molar-refractivity contribution in [2.24, 2.45) is 11.7 Å². The van der Waals surface area contributed by atoms with E-state index in [-0.39, 0.29) is 17.6 Å². The second-order valence-electron chi connectivity index (χ2n) is 4.28. The Kier molecular flexibility index (Phi) is 3.90. The van der Waals surface area contributed by atoms with Gasteiger partial charge in [0.1, 0.15) is 5.75 Å². The molecule has 0 aliphatic rings. The number of aromatic hydroxyl groups is 1. The van der Waals surface area contributed by atoms with Crippen LogP contribution in [0, 0.1) is 12.8 Å². The summed E-state index contributed by atoms with van der Waals surface area (Å²) in [5.74, 6) is -0.161. The summed E-state index contributed by atoms with van der Waals surface area (Å²) in [7, 11) is 0. The van der Waals surface area contributed by atoms with Gasteiger partial charge in [0.2, 0.25) is 5.91 Å². The van der Waals surface area contributed by atoms with E-state index >= 15 is 0 Å². The highest BCUT2D eigenvalue weighted by Crippen LogP contribution is 2.24. The van der Waals surface area contributed by atoms with E-state index in [1.54, 1.807) is 12.1 Å². The Morgan fingerprint density at radius 2 is 2.06 bits per heavy atom. The van der Waals surface area contributed by atoms with Crippen LogP contribution in [0.3, 0.4) is 0 Å². The molecule has 0 aromatic heterocycles. The molecule has 1 atom stereocenters. The van der Waals surface area contributed by atoms with Crippen LogP contribution in [-0.2, 0) is 4.79 Å². The number of rotatable bonds is 3. The van der Waals surface area contributed by atoms with Crippen molar-refractivity contribution in [3.05, 3.63) is 23.8 Å². The van der Waals surface area contributed by atoms with Crippen molar-refractivity contribution in [3.8, 4) is 5.75 Å². The molecule has 0 spiro atoms. The summed E-state index contributed by atoms with van der Waals surface area (Å²) < 4.78 is 0. The molecule has 0 saturated carbocycles. The number of aryl methyl sites for hydroxylation is 1. The first-order chi connectivity index (χ1) is 7.41. The van der Waals surface area contributed by atoms with E-state index in [0.29, 0.717) is 5.69 Å². The van der Waals surface area contributed by atoms with Crippen LogP contribution in [0.25, 0.3) is 0 Å². The molecule has 0 bridgehead atoms. The van der Waals surface area contributed by atoms with Crippen molar-refractivity contribution in [1.82, 2.24) is 0 Å². The predicted molar refractivity (Wildman–Crippen MR) is 64.3 cm³/mol. The quantitative estimate of drug-likeness (QED) is 0.680. The standard InChI is InChI=1S/C12H18N2O2/c1-7(2)11(13)12(16)14-9-5-4-8(3)6-10(9)15/h4-7,11,15H,13H2,1-3H3,(H,14,16). The van der Waals surface area contributed by atoms with Crippen molar-refractivity contribution in [2.45, 2.75) is 26.8 Å². The molecular weight excluding hydrogens is 204 g/mol. The Balaban J connectivity index is 2.77. The maximum atomic E-state index is 11.6. The number of carbonyl (C=O) groups is 1. The first kappa shape index (κ1) is 12.5. The Morgan fingerprint density at radius 3 is 2.56 bits per heavy atom. The summed E-state index contributed by atoms with van der Waals surface area (Å²) in [4.78, 5) is 11.6. The summed E-state index contributed by atoms with van der Waals surface area (Å²) in [6, 6.07) is 4.50. The van der Waals surface area contributed by atoms with Crippen LogP contribution in [0.1, 0.15) is 19.4 Å². The maximum absolute atomic E-state index is 11.6. The fraction of sp³-hybridized carbons (Fsp3) is 0.417. The summed E-state index contributed by atoms with van der Waals surface area (Å²) in [6.07, 6.45) is 0. The van der Waals surface area contributed by atoms with Gasteiger partial charge in [-0.3, -0.25) is 4.79 Å². The SMILES string of the molecule is Cc1ccc(NC(=O)C(N)C(C)C)c(O)c1. The molecule has 1 aromatic carbocycles. The molecule has 4 heteroatoms. The second kappa shape index (κ2) is 4.99. The lowest BCUT2D eigenvalue weighted by Gasteiger charge is -2.16. The lowest BCUT2D eigenvalue weighted by Crippen LogP contribution is -2.39. The molecule has 4 nitrogen and oxygen atoms in total. The molecule has 1 unspecified atom stereocenters. The van der Waals surface area contributed by atoms with Gasteiger partial charge in [0.25, 0.3) is 0 Å². The Labute approximate surface area is 95.5 Å². The number of anilines is 1. The topological polar surface area (TPSA) is 75.4 Å². The second-order valence-corrected chi connectivity index (χ2v) is 4.28. The van der Waals surface area contributed by atoms with Crippen LogP contribution >= 0.6 is 0 Å². The predicted octanol–water partition coefficient (Wildman–Crippen LogP) is 1.62. The lowest BCUT2D eigenvalue weighted by molar-refractivity contribution is -0.118. The van der Waals surface area contributed by atoms with E-state index < -0.39 is 6.04 Å². The highest BCUT2D eigenvalue weighted by atomic mass is 16.3. The van der Waals surface area contributed by atoms with E-state index in [1.807, 2.05) is 26.8 Å². The first-order valence-electron chi connectivity index (χ1n) is 5.28. The first-order valence-corrected chi connectivity index (χ1v) is 5.28. The molecule has 0 aliphatic carbocycles. The average Bonchev–Trinajstić information content (AvgIpc) is 2.20. The van der Waals surface area contributed by atoms with Crippen molar-refractivity contribution in [3.63, 3.8) is 0 Å². The Bertz CT molecular complexity index is 389. The van der Waals surface area contributed by atoms with Crippen molar-refractivity contribution >= 4 is 11.6 Å². The highest BCUT2D eigenvalue weighted by Gasteiger charge is 2.18. The van der Waals surface area contributed by atoms with Crippen LogP contribution < -0.4 is 11.1 Å². The number of carbonyl (C=O) groups excluding carboxylic acids is 1. The summed E-state index contributed by atoms with van der Waals surface area (Å²) in [6.45, 7) is 5.61. The van der Waals surface area contributed by atoms with Gasteiger partial charge in [-0.15, -0.1) is 0 Å². The number of hydrogen-bond donors (Lipinski definition) is 3. The third-order valence-corrected chi connectivity index (χ3v) is 2.43. The largest absolute Gasteiger partial charge is 0.506 e. The molecule has 88 valence electrons. The molecule has 1 rings (SSSR count). The van der Waals surface area contributed by atoms with Gasteiger partial charge in [0.15, 0.2) is 0 Å². The normalized spacial score (nSPS) is 12.6. The maximum Gasteiger partial charge on any atom is 0.241 e. The van der Waals surface area contributed by atoms with E-state index in [4.69, 9.17) is 5.73 Å². The van der Waals surface area contributed by atoms with Crippen LogP contribution in [0.4, 0.5) is 5.69 Å². The number of phenols is 1. The van der Waals surface area contributed by atoms with Crippen LogP contribution in [0.15, 0.2) is 18.2 Å². The summed E-state index contributed by atoms with van der Waals surface area (Å²) in [5.41, 5.74) is 7.02. The number of phenolic OH excluding ortho intramolecular Hbond substituents is 1. The molecule has 1 amide bonds. The molecule has 4 N–H and O–H groups in total. The molecule has 0 radical (unpaired) electrons. The number of nitrogens with two attached hydrogens (primary N) is 1. The van der Waals surface area contributed by atoms with Crippen molar-refractivity contribution < 1.29 is 9.90 Å². The summed E-state index contributed by atoms with van der Waals surface area (Å²) >= 11 is 0. The third kappa shape index (κ3) is 2.97. The van der Waals surface area contributed by atoms with Crippen molar-refractivity contribution in [1.29, 1.82) is 0 Å². The van der Waals surface area contributed by atoms with E-state index in [2.05, 4.69) is 5.32 Å². The number of benzene rings is 1. The highest BCUT2D eigenvalue weighted by molar-refractivity contribution is 5.96. The number of hydrogen-bond acceptors (Lipinski definition) is 3. The monoisotopic (exact) mass is 222 g/mol. The van der Waals surface area contributed by atoms with Gasteiger partial charge >= 0.3 is 0 Å². The molecule has 1 aromatic rings. The zero-order valence-corrected chi connectivity index (χ0v) is 9.82. The Morgan fingerprint density at radius 1 is 1.44 bits per heavy atom. The number of nitrogens with one attached hydrogen (secondary N) is 1. The van der Waals surface area contributed by atoms with E-state index in [9.17, 15) is 9.90 Å². The fourth-order valence-corrected chi connectivity index (χ4v) is 1.27. The molecule has 0 fully saturated rings. The van der Waals surface area contributed by atoms with Gasteiger partial charge in [-0.05, 0) is 30.5 Å². The number of amides is 1. The van der Waals surface area contributed by atoms with Crippen LogP contribution in [-0.4, -0.2) is 17.1 Å². The smallest absolute Gasteiger partial charge is 0.241 e. The average molecular weight is 222 g/mol. The van der Waals surface area contributed by atoms with E-state index in [1.165, 1.54) is 0 Å². The zero-order chi connectivity index (χ0) is 12.3. The van der Waals surface area contributed by atoms with Crippen LogP contribution in [0.5, 0.6) is 5.75 Å². The van der Waals surface area contributed by atoms with Gasteiger partial charge in [0, 0.05) is 0 Å². The summed E-state index contributed by atoms with van der Waals surface area (Å²) in [5, 5.41) is 12.2. The Hall–Kier alpha value is -1.55. The third-order valence-electron chi connectivity index (χ3n) is 2.43. The van der Waals surface area contributed by atoms with Gasteiger partial charge in [0.05, 0.1) is 11.7 Å². The fourth-order valence-electron chi connectivity index (χ4n) is 1.27. The molecule has 0 saturated heterocycles. The minimum atomic E-state index is -0.569. The molecule has 0 aliphatic heterocycles. The van der Waals surface area contributed by atoms with Gasteiger partial charge < -0.3 is 16.2 Å². The van der Waals surface area contributed by atoms with E-state index in [0.717, 1.165) is 5.56 Å². The minimum absolute atomic E-state index is 0.0595. The van der Waals surface area contributed by atoms with Gasteiger partial charge in [-0.25, -0.2) is 0 Å². The van der Waals surface area contributed by atoms with Gasteiger partial charge in [-0.1, -0.05) is 19.9 Å². The minimum Gasteiger partial charge on any atom is -0.506 e. The van der Waals surface area contributed by atoms with Crippen LogP contribution in [0.2, 0.25) is 0 Å². The van der Waals surface area contributed by atoms with Crippen molar-refractivity contribution in [2.75, 3.05) is 5.32 Å². The lowest BCUT2D eigenvalue weighted by atomic mass is 10.0. The zero-order valence-electron chi connectivity index (χ0n) is 9.82. The van der Waals surface area contributed by atoms with Gasteiger partial charge in [-0.2, -0.15) is 0 Å².